The zero-order valence-electron chi connectivity index (χ0n) is 9.55. The Bertz CT molecular complexity index is 375. The van der Waals surface area contributed by atoms with Gasteiger partial charge in [0, 0.05) is 12.0 Å². The number of aryl methyl sites for hydroxylation is 2. The third-order valence-corrected chi connectivity index (χ3v) is 3.31. The van der Waals surface area contributed by atoms with Crippen molar-refractivity contribution >= 4 is 5.78 Å². The molecule has 1 nitrogen and oxygen atoms in total. The molecule has 80 valence electrons. The Hall–Kier alpha value is -1.11. The van der Waals surface area contributed by atoms with Crippen LogP contribution in [0.4, 0.5) is 0 Å². The first kappa shape index (κ1) is 10.4. The molecule has 0 radical (unpaired) electrons. The molecule has 0 amide bonds. The number of rotatable bonds is 4. The molecule has 1 heteroatoms. The Morgan fingerprint density at radius 2 is 2.00 bits per heavy atom. The monoisotopic (exact) mass is 202 g/mol. The molecule has 1 aliphatic rings. The highest BCUT2D eigenvalue weighted by molar-refractivity contribution is 5.96. The summed E-state index contributed by atoms with van der Waals surface area (Å²) in [7, 11) is 0. The molecule has 0 atom stereocenters. The van der Waals surface area contributed by atoms with E-state index in [-0.39, 0.29) is 0 Å². The maximum Gasteiger partial charge on any atom is 0.162 e. The van der Waals surface area contributed by atoms with Crippen LogP contribution in [0.2, 0.25) is 0 Å². The number of carbonyl (C=O) groups excluding carboxylic acids is 1. The van der Waals surface area contributed by atoms with E-state index in [4.69, 9.17) is 0 Å². The van der Waals surface area contributed by atoms with Gasteiger partial charge in [-0.2, -0.15) is 0 Å². The number of carbonyl (C=O) groups is 1. The summed E-state index contributed by atoms with van der Waals surface area (Å²) in [5.74, 6) is 1.16. The first-order valence-corrected chi connectivity index (χ1v) is 5.77. The SMILES string of the molecule is Cc1ccc(C(=O)CCC2CC2)cc1C. The molecule has 2 rings (SSSR count). The van der Waals surface area contributed by atoms with E-state index in [1.54, 1.807) is 0 Å². The van der Waals surface area contributed by atoms with E-state index in [2.05, 4.69) is 13.8 Å². The van der Waals surface area contributed by atoms with Crippen molar-refractivity contribution in [3.63, 3.8) is 0 Å². The Labute approximate surface area is 91.5 Å². The van der Waals surface area contributed by atoms with Crippen molar-refractivity contribution in [3.05, 3.63) is 34.9 Å². The summed E-state index contributed by atoms with van der Waals surface area (Å²) in [5.41, 5.74) is 3.36. The maximum atomic E-state index is 11.8. The fourth-order valence-electron chi connectivity index (χ4n) is 1.80. The molecule has 0 bridgehead atoms. The molecule has 0 unspecified atom stereocenters. The standard InChI is InChI=1S/C14H18O/c1-10-3-7-13(9-11(10)2)14(15)8-6-12-4-5-12/h3,7,9,12H,4-6,8H2,1-2H3. The number of Topliss-reactive ketones (excluding diaryl/α,β-unsaturated/α-hetero) is 1. The minimum Gasteiger partial charge on any atom is -0.294 e. The van der Waals surface area contributed by atoms with Crippen molar-refractivity contribution in [2.75, 3.05) is 0 Å². The molecular weight excluding hydrogens is 184 g/mol. The third-order valence-electron chi connectivity index (χ3n) is 3.31. The summed E-state index contributed by atoms with van der Waals surface area (Å²) in [4.78, 5) is 11.8. The highest BCUT2D eigenvalue weighted by atomic mass is 16.1. The zero-order valence-corrected chi connectivity index (χ0v) is 9.55. The molecule has 1 aromatic rings. The smallest absolute Gasteiger partial charge is 0.162 e. The molecule has 1 fully saturated rings. The normalized spacial score (nSPS) is 15.3. The van der Waals surface area contributed by atoms with Crippen LogP contribution >= 0.6 is 0 Å². The van der Waals surface area contributed by atoms with Crippen LogP contribution in [0.3, 0.4) is 0 Å². The van der Waals surface area contributed by atoms with Crippen molar-refractivity contribution < 1.29 is 4.79 Å². The summed E-state index contributed by atoms with van der Waals surface area (Å²) in [6.45, 7) is 4.14. The van der Waals surface area contributed by atoms with Crippen LogP contribution in [0.5, 0.6) is 0 Å². The van der Waals surface area contributed by atoms with Gasteiger partial charge in [-0.1, -0.05) is 25.0 Å². The Morgan fingerprint density at radius 3 is 2.60 bits per heavy atom. The largest absolute Gasteiger partial charge is 0.294 e. The molecule has 0 heterocycles. The molecule has 1 aliphatic carbocycles. The van der Waals surface area contributed by atoms with E-state index >= 15 is 0 Å². The quantitative estimate of drug-likeness (QED) is 0.681. The van der Waals surface area contributed by atoms with Crippen LogP contribution in [0, 0.1) is 19.8 Å². The highest BCUT2D eigenvalue weighted by Gasteiger charge is 2.22. The van der Waals surface area contributed by atoms with Crippen LogP contribution in [0.15, 0.2) is 18.2 Å². The van der Waals surface area contributed by atoms with Crippen molar-refractivity contribution in [3.8, 4) is 0 Å². The van der Waals surface area contributed by atoms with Gasteiger partial charge in [0.1, 0.15) is 0 Å². The molecule has 0 saturated heterocycles. The van der Waals surface area contributed by atoms with Gasteiger partial charge in [0.15, 0.2) is 5.78 Å². The van der Waals surface area contributed by atoms with Crippen LogP contribution < -0.4 is 0 Å². The van der Waals surface area contributed by atoms with Gasteiger partial charge in [-0.25, -0.2) is 0 Å². The lowest BCUT2D eigenvalue weighted by Gasteiger charge is -2.04. The van der Waals surface area contributed by atoms with Crippen LogP contribution in [-0.2, 0) is 0 Å². The van der Waals surface area contributed by atoms with E-state index in [1.807, 2.05) is 18.2 Å². The molecule has 0 spiro atoms. The van der Waals surface area contributed by atoms with Gasteiger partial charge in [-0.15, -0.1) is 0 Å². The maximum absolute atomic E-state index is 11.8. The third kappa shape index (κ3) is 2.68. The highest BCUT2D eigenvalue weighted by Crippen LogP contribution is 2.33. The van der Waals surface area contributed by atoms with Crippen LogP contribution in [0.1, 0.15) is 47.2 Å². The van der Waals surface area contributed by atoms with Gasteiger partial charge in [0.2, 0.25) is 0 Å². The first-order valence-electron chi connectivity index (χ1n) is 5.77. The van der Waals surface area contributed by atoms with Gasteiger partial charge in [0.25, 0.3) is 0 Å². The van der Waals surface area contributed by atoms with Crippen molar-refractivity contribution in [2.45, 2.75) is 39.5 Å². The van der Waals surface area contributed by atoms with E-state index in [1.165, 1.54) is 24.0 Å². The minimum absolute atomic E-state index is 0.310. The predicted octanol–water partition coefficient (Wildman–Crippen LogP) is 3.68. The second-order valence-corrected chi connectivity index (χ2v) is 4.70. The van der Waals surface area contributed by atoms with Gasteiger partial charge < -0.3 is 0 Å². The van der Waals surface area contributed by atoms with E-state index in [0.29, 0.717) is 5.78 Å². The van der Waals surface area contributed by atoms with E-state index in [0.717, 1.165) is 24.3 Å². The number of benzene rings is 1. The van der Waals surface area contributed by atoms with Gasteiger partial charge in [-0.3, -0.25) is 4.79 Å². The Balaban J connectivity index is 2.00. The van der Waals surface area contributed by atoms with Crippen LogP contribution in [0.25, 0.3) is 0 Å². The predicted molar refractivity (Wildman–Crippen MR) is 62.2 cm³/mol. The molecule has 0 aliphatic heterocycles. The van der Waals surface area contributed by atoms with Gasteiger partial charge in [0.05, 0.1) is 0 Å². The summed E-state index contributed by atoms with van der Waals surface area (Å²) >= 11 is 0. The summed E-state index contributed by atoms with van der Waals surface area (Å²) < 4.78 is 0. The average Bonchev–Trinajstić information content (AvgIpc) is 3.02. The number of ketones is 1. The molecule has 15 heavy (non-hydrogen) atoms. The second-order valence-electron chi connectivity index (χ2n) is 4.70. The molecule has 0 N–H and O–H groups in total. The van der Waals surface area contributed by atoms with Gasteiger partial charge >= 0.3 is 0 Å². The zero-order chi connectivity index (χ0) is 10.8. The summed E-state index contributed by atoms with van der Waals surface area (Å²) in [5, 5.41) is 0. The van der Waals surface area contributed by atoms with Crippen LogP contribution in [-0.4, -0.2) is 5.78 Å². The number of hydrogen-bond donors (Lipinski definition) is 0. The molecule has 1 saturated carbocycles. The molecule has 0 aromatic heterocycles. The molecule has 1 aromatic carbocycles. The van der Waals surface area contributed by atoms with Crippen molar-refractivity contribution in [1.29, 1.82) is 0 Å². The minimum atomic E-state index is 0.310. The lowest BCUT2D eigenvalue weighted by atomic mass is 10.0. The summed E-state index contributed by atoms with van der Waals surface area (Å²) in [6, 6.07) is 6.02. The lowest BCUT2D eigenvalue weighted by Crippen LogP contribution is -2.00. The van der Waals surface area contributed by atoms with Crippen molar-refractivity contribution in [2.24, 2.45) is 5.92 Å². The molecular formula is C14H18O. The fraction of sp³-hybridized carbons (Fsp3) is 0.500. The second kappa shape index (κ2) is 4.18. The van der Waals surface area contributed by atoms with Crippen molar-refractivity contribution in [1.82, 2.24) is 0 Å². The Morgan fingerprint density at radius 1 is 1.27 bits per heavy atom. The summed E-state index contributed by atoms with van der Waals surface area (Å²) in [6.07, 6.45) is 4.49. The lowest BCUT2D eigenvalue weighted by molar-refractivity contribution is 0.0978. The Kier molecular flexibility index (Phi) is 2.90. The van der Waals surface area contributed by atoms with E-state index in [9.17, 15) is 4.79 Å². The fourth-order valence-corrected chi connectivity index (χ4v) is 1.80. The van der Waals surface area contributed by atoms with E-state index < -0.39 is 0 Å². The average molecular weight is 202 g/mol. The number of hydrogen-bond acceptors (Lipinski definition) is 1. The van der Waals surface area contributed by atoms with Gasteiger partial charge in [-0.05, 0) is 43.4 Å². The first-order chi connectivity index (χ1) is 7.16. The topological polar surface area (TPSA) is 17.1 Å².